The number of hydrogen-bond acceptors (Lipinski definition) is 3. The van der Waals surface area contributed by atoms with Gasteiger partial charge in [-0.05, 0) is 0 Å². The van der Waals surface area contributed by atoms with Crippen molar-refractivity contribution in [2.75, 3.05) is 0 Å². The van der Waals surface area contributed by atoms with Crippen LogP contribution in [0.3, 0.4) is 0 Å². The van der Waals surface area contributed by atoms with Crippen LogP contribution in [-0.2, 0) is 6.18 Å². The maximum absolute atomic E-state index is 11.7. The van der Waals surface area contributed by atoms with Crippen molar-refractivity contribution in [2.45, 2.75) is 6.18 Å². The molecule has 10 heavy (non-hydrogen) atoms. The van der Waals surface area contributed by atoms with Gasteiger partial charge < -0.3 is 0 Å². The van der Waals surface area contributed by atoms with Crippen LogP contribution >= 0.6 is 0 Å². The standard InChI is InChI=1S/C4H2F3N3/c5-4(6,7)3-1-9-10-2-8-3/h1-2H. The summed E-state index contributed by atoms with van der Waals surface area (Å²) in [6.45, 7) is 0. The normalized spacial score (nSPS) is 11.5. The summed E-state index contributed by atoms with van der Waals surface area (Å²) in [6, 6.07) is 0. The first-order valence-electron chi connectivity index (χ1n) is 2.30. The van der Waals surface area contributed by atoms with Crippen molar-refractivity contribution in [1.29, 1.82) is 0 Å². The van der Waals surface area contributed by atoms with E-state index in [1.807, 2.05) is 0 Å². The average molecular weight is 149 g/mol. The summed E-state index contributed by atoms with van der Waals surface area (Å²) in [4.78, 5) is 2.95. The van der Waals surface area contributed by atoms with Crippen molar-refractivity contribution in [2.24, 2.45) is 0 Å². The number of nitrogens with zero attached hydrogens (tertiary/aromatic N) is 3. The molecule has 0 N–H and O–H groups in total. The van der Waals surface area contributed by atoms with Crippen LogP contribution in [0.5, 0.6) is 0 Å². The minimum Gasteiger partial charge on any atom is -0.228 e. The van der Waals surface area contributed by atoms with Gasteiger partial charge in [-0.1, -0.05) is 0 Å². The number of hydrogen-bond donors (Lipinski definition) is 0. The van der Waals surface area contributed by atoms with Gasteiger partial charge in [-0.2, -0.15) is 18.3 Å². The van der Waals surface area contributed by atoms with E-state index in [4.69, 9.17) is 0 Å². The van der Waals surface area contributed by atoms with Crippen molar-refractivity contribution >= 4 is 0 Å². The zero-order chi connectivity index (χ0) is 7.61. The molecule has 0 fully saturated rings. The molecule has 6 heteroatoms. The summed E-state index contributed by atoms with van der Waals surface area (Å²) in [7, 11) is 0. The van der Waals surface area contributed by atoms with E-state index in [-0.39, 0.29) is 0 Å². The lowest BCUT2D eigenvalue weighted by Gasteiger charge is -2.01. The Kier molecular flexibility index (Phi) is 1.52. The summed E-state index contributed by atoms with van der Waals surface area (Å²) in [6.07, 6.45) is -3.10. The van der Waals surface area contributed by atoms with Crippen LogP contribution in [-0.4, -0.2) is 15.2 Å². The smallest absolute Gasteiger partial charge is 0.228 e. The fourth-order valence-electron chi connectivity index (χ4n) is 0.386. The monoisotopic (exact) mass is 149 g/mol. The quantitative estimate of drug-likeness (QED) is 0.549. The summed E-state index contributed by atoms with van der Waals surface area (Å²) in [5.74, 6) is 0. The predicted molar refractivity (Wildman–Crippen MR) is 24.8 cm³/mol. The van der Waals surface area contributed by atoms with E-state index in [0.29, 0.717) is 6.20 Å². The van der Waals surface area contributed by atoms with Gasteiger partial charge in [0.15, 0.2) is 5.69 Å². The second kappa shape index (κ2) is 2.20. The number of halogens is 3. The molecule has 3 nitrogen and oxygen atoms in total. The first-order chi connectivity index (χ1) is 4.61. The predicted octanol–water partition coefficient (Wildman–Crippen LogP) is 0.890. The third-order valence-electron chi connectivity index (χ3n) is 0.786. The minimum atomic E-state index is -4.42. The second-order valence-corrected chi connectivity index (χ2v) is 1.49. The molecule has 0 aliphatic rings. The van der Waals surface area contributed by atoms with Crippen molar-refractivity contribution in [3.05, 3.63) is 18.2 Å². The van der Waals surface area contributed by atoms with Crippen molar-refractivity contribution in [1.82, 2.24) is 15.2 Å². The Morgan fingerprint density at radius 3 is 2.20 bits per heavy atom. The van der Waals surface area contributed by atoms with Crippen molar-refractivity contribution in [3.63, 3.8) is 0 Å². The van der Waals surface area contributed by atoms with Crippen molar-refractivity contribution in [3.8, 4) is 0 Å². The molecule has 0 bridgehead atoms. The molecule has 0 unspecified atom stereocenters. The van der Waals surface area contributed by atoms with Crippen LogP contribution in [0.2, 0.25) is 0 Å². The Hall–Kier alpha value is -1.20. The first-order valence-corrected chi connectivity index (χ1v) is 2.30. The van der Waals surface area contributed by atoms with E-state index < -0.39 is 11.9 Å². The van der Waals surface area contributed by atoms with E-state index in [1.165, 1.54) is 0 Å². The van der Waals surface area contributed by atoms with Gasteiger partial charge >= 0.3 is 6.18 Å². The van der Waals surface area contributed by atoms with Crippen LogP contribution in [0.25, 0.3) is 0 Å². The third-order valence-corrected chi connectivity index (χ3v) is 0.786. The van der Waals surface area contributed by atoms with Gasteiger partial charge in [0.2, 0.25) is 0 Å². The summed E-state index contributed by atoms with van der Waals surface area (Å²) < 4.78 is 35.0. The highest BCUT2D eigenvalue weighted by Crippen LogP contribution is 2.25. The van der Waals surface area contributed by atoms with E-state index in [2.05, 4.69) is 15.2 Å². The molecule has 0 atom stereocenters. The van der Waals surface area contributed by atoms with Crippen LogP contribution < -0.4 is 0 Å². The molecule has 0 radical (unpaired) electrons. The molecule has 0 aliphatic carbocycles. The van der Waals surface area contributed by atoms with Gasteiger partial charge in [0.05, 0.1) is 6.20 Å². The number of rotatable bonds is 0. The molecule has 54 valence electrons. The van der Waals surface area contributed by atoms with Gasteiger partial charge in [0.1, 0.15) is 6.33 Å². The molecule has 0 spiro atoms. The lowest BCUT2D eigenvalue weighted by Crippen LogP contribution is -2.08. The van der Waals surface area contributed by atoms with E-state index >= 15 is 0 Å². The molecular weight excluding hydrogens is 147 g/mol. The fraction of sp³-hybridized carbons (Fsp3) is 0.250. The maximum Gasteiger partial charge on any atom is 0.435 e. The molecule has 1 aromatic heterocycles. The highest BCUT2D eigenvalue weighted by molar-refractivity contribution is 4.96. The Balaban J connectivity index is 2.97. The van der Waals surface area contributed by atoms with Crippen LogP contribution in [0, 0.1) is 0 Å². The average Bonchev–Trinajstić information content (AvgIpc) is 1.88. The minimum absolute atomic E-state index is 0.569. The summed E-state index contributed by atoms with van der Waals surface area (Å²) >= 11 is 0. The SMILES string of the molecule is FC(F)(F)c1cnncn1. The molecule has 0 saturated heterocycles. The van der Waals surface area contributed by atoms with Crippen LogP contribution in [0.15, 0.2) is 12.5 Å². The maximum atomic E-state index is 11.7. The van der Waals surface area contributed by atoms with Crippen molar-refractivity contribution < 1.29 is 13.2 Å². The zero-order valence-electron chi connectivity index (χ0n) is 4.63. The van der Waals surface area contributed by atoms with Crippen LogP contribution in [0.4, 0.5) is 13.2 Å². The molecule has 1 aromatic rings. The lowest BCUT2D eigenvalue weighted by atomic mass is 10.5. The van der Waals surface area contributed by atoms with Gasteiger partial charge in [-0.3, -0.25) is 0 Å². The number of alkyl halides is 3. The largest absolute Gasteiger partial charge is 0.435 e. The highest BCUT2D eigenvalue weighted by atomic mass is 19.4. The summed E-state index contributed by atoms with van der Waals surface area (Å²) in [5.41, 5.74) is -1.03. The van der Waals surface area contributed by atoms with Gasteiger partial charge in [0.25, 0.3) is 0 Å². The number of aromatic nitrogens is 3. The topological polar surface area (TPSA) is 38.7 Å². The molecule has 1 rings (SSSR count). The molecule has 0 amide bonds. The van der Waals surface area contributed by atoms with E-state index in [0.717, 1.165) is 6.33 Å². The van der Waals surface area contributed by atoms with E-state index in [1.54, 1.807) is 0 Å². The van der Waals surface area contributed by atoms with Gasteiger partial charge in [0, 0.05) is 0 Å². The molecule has 0 saturated carbocycles. The van der Waals surface area contributed by atoms with Crippen LogP contribution in [0.1, 0.15) is 5.69 Å². The Bertz CT molecular complexity index is 207. The molecule has 0 aliphatic heterocycles. The lowest BCUT2D eigenvalue weighted by molar-refractivity contribution is -0.141. The van der Waals surface area contributed by atoms with E-state index in [9.17, 15) is 13.2 Å². The zero-order valence-corrected chi connectivity index (χ0v) is 4.63. The Morgan fingerprint density at radius 2 is 1.90 bits per heavy atom. The molecule has 1 heterocycles. The molecule has 0 aromatic carbocycles. The highest BCUT2D eigenvalue weighted by Gasteiger charge is 2.32. The van der Waals surface area contributed by atoms with Gasteiger partial charge in [-0.25, -0.2) is 4.98 Å². The Morgan fingerprint density at radius 1 is 1.20 bits per heavy atom. The molecular formula is C4H2F3N3. The fourth-order valence-corrected chi connectivity index (χ4v) is 0.386. The second-order valence-electron chi connectivity index (χ2n) is 1.49. The summed E-state index contributed by atoms with van der Waals surface area (Å²) in [5, 5.41) is 6.12. The first kappa shape index (κ1) is 6.91. The Labute approximate surface area is 53.9 Å². The van der Waals surface area contributed by atoms with Gasteiger partial charge in [-0.15, -0.1) is 5.10 Å². The third kappa shape index (κ3) is 1.40.